The average Bonchev–Trinajstić information content (AvgIpc) is 2.98. The molecule has 0 spiro atoms. The number of amides is 1. The van der Waals surface area contributed by atoms with Gasteiger partial charge >= 0.3 is 18.1 Å². The number of rotatable bonds is 8. The number of carbonyl (C=O) groups is 4. The van der Waals surface area contributed by atoms with Crippen LogP contribution in [0.1, 0.15) is 26.4 Å². The van der Waals surface area contributed by atoms with Gasteiger partial charge in [0.1, 0.15) is 11.4 Å². The molecule has 11 nitrogen and oxygen atoms in total. The summed E-state index contributed by atoms with van der Waals surface area (Å²) in [6, 6.07) is 8.52. The zero-order valence-corrected chi connectivity index (χ0v) is 21.8. The molecule has 0 unspecified atom stereocenters. The fourth-order valence-corrected chi connectivity index (χ4v) is 4.02. The first-order valence-electron chi connectivity index (χ1n) is 12.0. The molecule has 1 aliphatic heterocycles. The lowest BCUT2D eigenvalue weighted by molar-refractivity contribution is -0.193. The Balaban J connectivity index is 1.67. The Labute approximate surface area is 230 Å². The third kappa shape index (κ3) is 6.54. The highest BCUT2D eigenvalue weighted by atomic mass is 19.4. The smallest absolute Gasteiger partial charge is 0.491 e. The number of carbonyl (C=O) groups excluding carboxylic acids is 4. The van der Waals surface area contributed by atoms with Crippen molar-refractivity contribution >= 4 is 34.4 Å². The number of halogens is 3. The SMILES string of the molecule is COc1cc2c(C(=O)OC(=O)C(F)(F)F)cnc(C(=O)c3cccc(OCC(=O)N4CCOCC4)c3)c2cc1OC. The molecule has 2 heterocycles. The Morgan fingerprint density at radius 2 is 1.63 bits per heavy atom. The number of benzene rings is 2. The van der Waals surface area contributed by atoms with Crippen molar-refractivity contribution in [3.8, 4) is 17.2 Å². The molecule has 0 aliphatic carbocycles. The second-order valence-electron chi connectivity index (χ2n) is 8.59. The van der Waals surface area contributed by atoms with Gasteiger partial charge in [-0.3, -0.25) is 14.6 Å². The van der Waals surface area contributed by atoms with Crippen LogP contribution in [0.3, 0.4) is 0 Å². The van der Waals surface area contributed by atoms with E-state index in [0.717, 1.165) is 6.20 Å². The fourth-order valence-electron chi connectivity index (χ4n) is 4.02. The summed E-state index contributed by atoms with van der Waals surface area (Å²) in [5, 5.41) is -0.0696. The molecule has 1 fully saturated rings. The van der Waals surface area contributed by atoms with Crippen LogP contribution < -0.4 is 14.2 Å². The summed E-state index contributed by atoms with van der Waals surface area (Å²) < 4.78 is 63.3. The Bertz CT molecular complexity index is 1500. The summed E-state index contributed by atoms with van der Waals surface area (Å²) in [4.78, 5) is 55.3. The number of hydrogen-bond acceptors (Lipinski definition) is 10. The van der Waals surface area contributed by atoms with E-state index in [-0.39, 0.29) is 51.8 Å². The molecule has 4 rings (SSSR count). The van der Waals surface area contributed by atoms with Crippen molar-refractivity contribution in [2.45, 2.75) is 6.18 Å². The first kappa shape index (κ1) is 29.3. The molecule has 14 heteroatoms. The number of ether oxygens (including phenoxy) is 5. The van der Waals surface area contributed by atoms with Gasteiger partial charge in [-0.1, -0.05) is 12.1 Å². The van der Waals surface area contributed by atoms with Gasteiger partial charge in [-0.05, 0) is 24.3 Å². The molecule has 1 aliphatic rings. The van der Waals surface area contributed by atoms with E-state index in [1.807, 2.05) is 0 Å². The van der Waals surface area contributed by atoms with Crippen LogP contribution in [0.5, 0.6) is 17.2 Å². The van der Waals surface area contributed by atoms with Crippen LogP contribution in [-0.2, 0) is 19.1 Å². The van der Waals surface area contributed by atoms with Gasteiger partial charge in [0.2, 0.25) is 5.78 Å². The number of aromatic nitrogens is 1. The van der Waals surface area contributed by atoms with Crippen molar-refractivity contribution in [1.82, 2.24) is 9.88 Å². The largest absolute Gasteiger partial charge is 0.493 e. The lowest BCUT2D eigenvalue weighted by Gasteiger charge is -2.26. The van der Waals surface area contributed by atoms with Gasteiger partial charge in [0.05, 0.1) is 33.0 Å². The highest BCUT2D eigenvalue weighted by Gasteiger charge is 2.43. The van der Waals surface area contributed by atoms with E-state index in [1.54, 1.807) is 11.0 Å². The summed E-state index contributed by atoms with van der Waals surface area (Å²) >= 11 is 0. The minimum Gasteiger partial charge on any atom is -0.493 e. The predicted molar refractivity (Wildman–Crippen MR) is 134 cm³/mol. The molecule has 2 aromatic carbocycles. The highest BCUT2D eigenvalue weighted by Crippen LogP contribution is 2.36. The topological polar surface area (TPSA) is 131 Å². The second kappa shape index (κ2) is 12.2. The number of morpholine rings is 1. The molecular formula is C27H23F3N2O9. The van der Waals surface area contributed by atoms with Gasteiger partial charge in [0.25, 0.3) is 5.91 Å². The number of fused-ring (bicyclic) bond motifs is 1. The number of nitrogens with zero attached hydrogens (tertiary/aromatic N) is 2. The second-order valence-corrected chi connectivity index (χ2v) is 8.59. The van der Waals surface area contributed by atoms with Gasteiger partial charge in [-0.2, -0.15) is 13.2 Å². The summed E-state index contributed by atoms with van der Waals surface area (Å²) in [7, 11) is 2.61. The van der Waals surface area contributed by atoms with Crippen molar-refractivity contribution in [3.05, 3.63) is 59.4 Å². The third-order valence-electron chi connectivity index (χ3n) is 6.07. The van der Waals surface area contributed by atoms with Gasteiger partial charge in [-0.15, -0.1) is 0 Å². The van der Waals surface area contributed by atoms with Crippen LogP contribution >= 0.6 is 0 Å². The maximum atomic E-state index is 13.5. The molecule has 0 atom stereocenters. The van der Waals surface area contributed by atoms with Gasteiger partial charge in [0, 0.05) is 35.6 Å². The van der Waals surface area contributed by atoms with Crippen molar-refractivity contribution in [2.24, 2.45) is 0 Å². The van der Waals surface area contributed by atoms with Crippen LogP contribution in [-0.4, -0.2) is 86.8 Å². The molecular weight excluding hydrogens is 553 g/mol. The first-order chi connectivity index (χ1) is 19.5. The van der Waals surface area contributed by atoms with Gasteiger partial charge in [-0.25, -0.2) is 9.59 Å². The van der Waals surface area contributed by atoms with Crippen molar-refractivity contribution in [3.63, 3.8) is 0 Å². The maximum Gasteiger partial charge on any atom is 0.491 e. The molecule has 216 valence electrons. The minimum atomic E-state index is -5.41. The summed E-state index contributed by atoms with van der Waals surface area (Å²) in [5.41, 5.74) is -0.609. The number of esters is 2. The number of ketones is 1. The Morgan fingerprint density at radius 1 is 0.976 bits per heavy atom. The van der Waals surface area contributed by atoms with E-state index < -0.39 is 29.5 Å². The number of alkyl halides is 3. The molecule has 1 saturated heterocycles. The Hall–Kier alpha value is -4.72. The van der Waals surface area contributed by atoms with Crippen LogP contribution in [0.25, 0.3) is 10.8 Å². The average molecular weight is 576 g/mol. The lowest BCUT2D eigenvalue weighted by Crippen LogP contribution is -2.42. The normalized spacial score (nSPS) is 13.4. The first-order valence-corrected chi connectivity index (χ1v) is 12.0. The molecule has 0 N–H and O–H groups in total. The minimum absolute atomic E-state index is 0.00961. The van der Waals surface area contributed by atoms with Crippen LogP contribution in [0.2, 0.25) is 0 Å². The van der Waals surface area contributed by atoms with Gasteiger partial charge in [0.15, 0.2) is 18.1 Å². The summed E-state index contributed by atoms with van der Waals surface area (Å²) in [5.74, 6) is -4.78. The molecule has 41 heavy (non-hydrogen) atoms. The van der Waals surface area contributed by atoms with E-state index in [2.05, 4.69) is 9.72 Å². The van der Waals surface area contributed by atoms with Crippen molar-refractivity contribution < 1.29 is 56.0 Å². The van der Waals surface area contributed by atoms with Crippen molar-refractivity contribution in [1.29, 1.82) is 0 Å². The maximum absolute atomic E-state index is 13.5. The van der Waals surface area contributed by atoms with E-state index in [4.69, 9.17) is 18.9 Å². The standard InChI is InChI=1S/C27H23F3N2O9/c1-37-20-11-17-18(12-21(20)38-2)23(31-13-19(17)25(35)41-26(36)27(28,29)30)24(34)15-4-3-5-16(10-15)40-14-22(33)32-6-8-39-9-7-32/h3-5,10-13H,6-9,14H2,1-2H3. The Kier molecular flexibility index (Phi) is 8.71. The van der Waals surface area contributed by atoms with Crippen LogP contribution in [0, 0.1) is 0 Å². The predicted octanol–water partition coefficient (Wildman–Crippen LogP) is 2.97. The summed E-state index contributed by atoms with van der Waals surface area (Å²) in [6.45, 7) is 1.50. The Morgan fingerprint density at radius 3 is 2.27 bits per heavy atom. The van der Waals surface area contributed by atoms with E-state index in [1.165, 1.54) is 44.6 Å². The molecule has 1 aromatic heterocycles. The monoisotopic (exact) mass is 576 g/mol. The van der Waals surface area contributed by atoms with Crippen LogP contribution in [0.15, 0.2) is 42.6 Å². The molecule has 1 amide bonds. The molecule has 0 radical (unpaired) electrons. The highest BCUT2D eigenvalue weighted by molar-refractivity contribution is 6.18. The lowest BCUT2D eigenvalue weighted by atomic mass is 9.99. The zero-order chi connectivity index (χ0) is 29.7. The number of methoxy groups -OCH3 is 2. The quantitative estimate of drug-likeness (QED) is 0.224. The molecule has 3 aromatic rings. The van der Waals surface area contributed by atoms with E-state index in [9.17, 15) is 32.3 Å². The van der Waals surface area contributed by atoms with Gasteiger partial charge < -0.3 is 28.6 Å². The third-order valence-corrected chi connectivity index (χ3v) is 6.07. The van der Waals surface area contributed by atoms with Crippen LogP contribution in [0.4, 0.5) is 13.2 Å². The number of hydrogen-bond donors (Lipinski definition) is 0. The van der Waals surface area contributed by atoms with E-state index in [0.29, 0.717) is 26.3 Å². The molecule has 0 bridgehead atoms. The zero-order valence-electron chi connectivity index (χ0n) is 21.8. The fraction of sp³-hybridized carbons (Fsp3) is 0.296. The molecule has 0 saturated carbocycles. The van der Waals surface area contributed by atoms with E-state index >= 15 is 0 Å². The summed E-state index contributed by atoms with van der Waals surface area (Å²) in [6.07, 6.45) is -4.58. The van der Waals surface area contributed by atoms with Crippen molar-refractivity contribution in [2.75, 3.05) is 47.1 Å². The number of pyridine rings is 1.